The molecule has 0 spiro atoms. The van der Waals surface area contributed by atoms with Crippen LogP contribution < -0.4 is 4.90 Å². The molecule has 1 heterocycles. The molecule has 1 aromatic heterocycles. The zero-order chi connectivity index (χ0) is 40.2. The smallest absolute Gasteiger partial charge is 0.0541 e. The summed E-state index contributed by atoms with van der Waals surface area (Å²) in [6.45, 7) is 4.73. The number of benzene rings is 8. The van der Waals surface area contributed by atoms with Crippen LogP contribution in [-0.2, 0) is 5.41 Å². The number of allylic oxidation sites excluding steroid dienone is 6. The third-order valence-electron chi connectivity index (χ3n) is 12.6. The SMILES string of the molecule is CC1(C)C2=C(C=CCC=C2)c2ccc(N(c3ccc(-c4ccccc4)cc3)c3ccc(-c4ccc5c(c4)c4cc(-c6ccccc6)ccc4n5-c4ccccc4)cc3)cc21. The van der Waals surface area contributed by atoms with Gasteiger partial charge in [-0.15, -0.1) is 0 Å². The minimum absolute atomic E-state index is 0.108. The first-order valence-corrected chi connectivity index (χ1v) is 21.0. The highest BCUT2D eigenvalue weighted by Gasteiger charge is 2.36. The zero-order valence-corrected chi connectivity index (χ0v) is 33.9. The van der Waals surface area contributed by atoms with Gasteiger partial charge in [0.05, 0.1) is 11.0 Å². The Morgan fingerprint density at radius 1 is 0.433 bits per heavy atom. The number of rotatable bonds is 7. The molecule has 0 fully saturated rings. The van der Waals surface area contributed by atoms with Crippen molar-refractivity contribution in [3.05, 3.63) is 235 Å². The summed E-state index contributed by atoms with van der Waals surface area (Å²) in [5.41, 5.74) is 19.5. The van der Waals surface area contributed by atoms with Crippen molar-refractivity contribution in [2.45, 2.75) is 25.7 Å². The monoisotopic (exact) mass is 768 g/mol. The van der Waals surface area contributed by atoms with Gasteiger partial charge in [0.15, 0.2) is 0 Å². The standard InChI is InChI=1S/C58H44N2/c1-58(2)54-22-14-6-13-21-50(54)51-34-33-49(39-55(51)58)59(47-29-23-42(24-30-47)40-15-7-3-8-16-40)48-31-25-43(26-32-48)45-28-36-57-53(38-45)52-37-44(41-17-9-4-10-18-41)27-35-56(52)60(57)46-19-11-5-12-20-46/h3-5,7-39H,6H2,1-2H3. The van der Waals surface area contributed by atoms with E-state index in [0.29, 0.717) is 0 Å². The number of hydrogen-bond acceptors (Lipinski definition) is 1. The van der Waals surface area contributed by atoms with Crippen LogP contribution in [0.4, 0.5) is 17.1 Å². The highest BCUT2D eigenvalue weighted by Crippen LogP contribution is 2.50. The molecule has 2 aliphatic carbocycles. The first-order valence-electron chi connectivity index (χ1n) is 21.0. The normalized spacial score (nSPS) is 14.0. The van der Waals surface area contributed by atoms with E-state index in [1.807, 2.05) is 0 Å². The van der Waals surface area contributed by atoms with E-state index in [1.54, 1.807) is 0 Å². The summed E-state index contributed by atoms with van der Waals surface area (Å²) in [7, 11) is 0. The van der Waals surface area contributed by atoms with E-state index in [1.165, 1.54) is 77.5 Å². The number of hydrogen-bond donors (Lipinski definition) is 0. The first-order chi connectivity index (χ1) is 29.5. The van der Waals surface area contributed by atoms with Crippen LogP contribution in [0.3, 0.4) is 0 Å². The second-order valence-corrected chi connectivity index (χ2v) is 16.5. The topological polar surface area (TPSA) is 8.17 Å². The molecule has 60 heavy (non-hydrogen) atoms. The van der Waals surface area contributed by atoms with Crippen molar-refractivity contribution in [3.8, 4) is 39.1 Å². The van der Waals surface area contributed by atoms with E-state index in [0.717, 1.165) is 29.2 Å². The third kappa shape index (κ3) is 6.03. The average molecular weight is 769 g/mol. The molecule has 0 amide bonds. The summed E-state index contributed by atoms with van der Waals surface area (Å²) in [5, 5.41) is 2.49. The Kier molecular flexibility index (Phi) is 8.60. The van der Waals surface area contributed by atoms with Gasteiger partial charge in [0.25, 0.3) is 0 Å². The van der Waals surface area contributed by atoms with Crippen molar-refractivity contribution in [1.29, 1.82) is 0 Å². The number of nitrogens with zero attached hydrogens (tertiary/aromatic N) is 2. The molecule has 11 rings (SSSR count). The molecule has 0 saturated heterocycles. The maximum atomic E-state index is 2.42. The summed E-state index contributed by atoms with van der Waals surface area (Å²) in [4.78, 5) is 2.41. The molecule has 0 N–H and O–H groups in total. The van der Waals surface area contributed by atoms with Gasteiger partial charge in [-0.05, 0) is 135 Å². The summed E-state index contributed by atoms with van der Waals surface area (Å²) in [6, 6.07) is 71.0. The summed E-state index contributed by atoms with van der Waals surface area (Å²) in [5.74, 6) is 0. The summed E-state index contributed by atoms with van der Waals surface area (Å²) < 4.78 is 2.39. The van der Waals surface area contributed by atoms with Crippen LogP contribution in [0.25, 0.3) is 66.4 Å². The Bertz CT molecular complexity index is 3150. The van der Waals surface area contributed by atoms with Crippen LogP contribution in [0.1, 0.15) is 31.4 Å². The molecule has 2 aliphatic rings. The van der Waals surface area contributed by atoms with Crippen LogP contribution in [0, 0.1) is 0 Å². The van der Waals surface area contributed by atoms with Gasteiger partial charge in [-0.2, -0.15) is 0 Å². The molecule has 0 saturated carbocycles. The maximum absolute atomic E-state index is 2.42. The van der Waals surface area contributed by atoms with Crippen molar-refractivity contribution >= 4 is 44.4 Å². The minimum Gasteiger partial charge on any atom is -0.310 e. The number of para-hydroxylation sites is 1. The van der Waals surface area contributed by atoms with Crippen molar-refractivity contribution in [2.24, 2.45) is 0 Å². The predicted molar refractivity (Wildman–Crippen MR) is 255 cm³/mol. The van der Waals surface area contributed by atoms with Gasteiger partial charge >= 0.3 is 0 Å². The van der Waals surface area contributed by atoms with Crippen LogP contribution in [0.2, 0.25) is 0 Å². The quantitative estimate of drug-likeness (QED) is 0.157. The fraction of sp³-hybridized carbons (Fsp3) is 0.0690. The van der Waals surface area contributed by atoms with Gasteiger partial charge in [-0.3, -0.25) is 0 Å². The predicted octanol–water partition coefficient (Wildman–Crippen LogP) is 15.8. The molecule has 2 nitrogen and oxygen atoms in total. The molecular weight excluding hydrogens is 725 g/mol. The van der Waals surface area contributed by atoms with E-state index in [-0.39, 0.29) is 5.41 Å². The molecule has 0 bridgehead atoms. The highest BCUT2D eigenvalue weighted by molar-refractivity contribution is 6.11. The lowest BCUT2D eigenvalue weighted by Gasteiger charge is -2.29. The minimum atomic E-state index is -0.108. The fourth-order valence-electron chi connectivity index (χ4n) is 9.53. The van der Waals surface area contributed by atoms with E-state index < -0.39 is 0 Å². The Morgan fingerprint density at radius 2 is 0.900 bits per heavy atom. The highest BCUT2D eigenvalue weighted by atomic mass is 15.1. The Hall–Kier alpha value is -7.42. The molecule has 9 aromatic rings. The van der Waals surface area contributed by atoms with Gasteiger partial charge in [0, 0.05) is 38.9 Å². The lowest BCUT2D eigenvalue weighted by molar-refractivity contribution is 0.654. The lowest BCUT2D eigenvalue weighted by Crippen LogP contribution is -2.17. The van der Waals surface area contributed by atoms with E-state index in [2.05, 4.69) is 242 Å². The van der Waals surface area contributed by atoms with Gasteiger partial charge in [-0.25, -0.2) is 0 Å². The average Bonchev–Trinajstić information content (AvgIpc) is 3.57. The van der Waals surface area contributed by atoms with Crippen LogP contribution in [0.5, 0.6) is 0 Å². The van der Waals surface area contributed by atoms with E-state index >= 15 is 0 Å². The van der Waals surface area contributed by atoms with Crippen molar-refractivity contribution in [2.75, 3.05) is 4.90 Å². The molecule has 0 atom stereocenters. The molecule has 0 unspecified atom stereocenters. The molecular formula is C58H44N2. The summed E-state index contributed by atoms with van der Waals surface area (Å²) >= 11 is 0. The van der Waals surface area contributed by atoms with Crippen LogP contribution in [0.15, 0.2) is 224 Å². The zero-order valence-electron chi connectivity index (χ0n) is 33.9. The number of aromatic nitrogens is 1. The maximum Gasteiger partial charge on any atom is 0.0541 e. The van der Waals surface area contributed by atoms with Crippen LogP contribution in [-0.4, -0.2) is 4.57 Å². The van der Waals surface area contributed by atoms with Crippen molar-refractivity contribution < 1.29 is 0 Å². The first kappa shape index (κ1) is 35.7. The Balaban J connectivity index is 1.02. The number of fused-ring (bicyclic) bond motifs is 5. The van der Waals surface area contributed by atoms with E-state index in [9.17, 15) is 0 Å². The largest absolute Gasteiger partial charge is 0.310 e. The Labute approximate surface area is 352 Å². The molecule has 286 valence electrons. The second kappa shape index (κ2) is 14.4. The van der Waals surface area contributed by atoms with Gasteiger partial charge < -0.3 is 9.47 Å². The Morgan fingerprint density at radius 3 is 1.48 bits per heavy atom. The van der Waals surface area contributed by atoms with Crippen molar-refractivity contribution in [1.82, 2.24) is 4.57 Å². The lowest BCUT2D eigenvalue weighted by atomic mass is 9.81. The molecule has 8 aromatic carbocycles. The molecule has 0 radical (unpaired) electrons. The van der Waals surface area contributed by atoms with Gasteiger partial charge in [-0.1, -0.05) is 159 Å². The third-order valence-corrected chi connectivity index (χ3v) is 12.6. The second-order valence-electron chi connectivity index (χ2n) is 16.5. The van der Waals surface area contributed by atoms with Gasteiger partial charge in [0.2, 0.25) is 0 Å². The van der Waals surface area contributed by atoms with Gasteiger partial charge in [0.1, 0.15) is 0 Å². The molecule has 0 aliphatic heterocycles. The number of anilines is 3. The fourth-order valence-corrected chi connectivity index (χ4v) is 9.53. The van der Waals surface area contributed by atoms with Crippen LogP contribution >= 0.6 is 0 Å². The van der Waals surface area contributed by atoms with E-state index in [4.69, 9.17) is 0 Å². The molecule has 2 heteroatoms. The van der Waals surface area contributed by atoms with Crippen molar-refractivity contribution in [3.63, 3.8) is 0 Å². The summed E-state index contributed by atoms with van der Waals surface area (Å²) in [6.07, 6.45) is 10.2.